The lowest BCUT2D eigenvalue weighted by Crippen LogP contribution is -2.58. The molecule has 166 valence electrons. The summed E-state index contributed by atoms with van der Waals surface area (Å²) in [6, 6.07) is -5.28. The number of nitrogens with one attached hydrogen (secondary N) is 4. The van der Waals surface area contributed by atoms with E-state index in [0.717, 1.165) is 0 Å². The van der Waals surface area contributed by atoms with Crippen LogP contribution in [0.15, 0.2) is 12.5 Å². The van der Waals surface area contributed by atoms with Gasteiger partial charge < -0.3 is 42.6 Å². The number of nitrogens with zero attached hydrogens (tertiary/aromatic N) is 1. The molecule has 1 aromatic heterocycles. The number of aliphatic carboxylic acids is 1. The zero-order chi connectivity index (χ0) is 22.8. The molecule has 14 nitrogen and oxygen atoms in total. The Kier molecular flexibility index (Phi) is 9.38. The van der Waals surface area contributed by atoms with Crippen LogP contribution in [0.1, 0.15) is 19.0 Å². The van der Waals surface area contributed by atoms with Gasteiger partial charge in [-0.2, -0.15) is 0 Å². The molecule has 0 aliphatic carbocycles. The monoisotopic (exact) mass is 427 g/mol. The maximum absolute atomic E-state index is 12.6. The average molecular weight is 427 g/mol. The highest BCUT2D eigenvalue weighted by Crippen LogP contribution is 2.01. The molecular formula is C16H25N7O7. The van der Waals surface area contributed by atoms with Gasteiger partial charge in [0.2, 0.25) is 23.6 Å². The van der Waals surface area contributed by atoms with E-state index in [-0.39, 0.29) is 6.42 Å². The predicted octanol–water partition coefficient (Wildman–Crippen LogP) is -4.29. The molecule has 4 unspecified atom stereocenters. The second-order valence-electron chi connectivity index (χ2n) is 6.43. The van der Waals surface area contributed by atoms with Crippen molar-refractivity contribution in [2.45, 2.75) is 43.9 Å². The first-order valence-electron chi connectivity index (χ1n) is 8.81. The highest BCUT2D eigenvalue weighted by atomic mass is 16.4. The molecule has 4 amide bonds. The fourth-order valence-electron chi connectivity index (χ4n) is 2.26. The number of carbonyl (C=O) groups excluding carboxylic acids is 4. The molecule has 0 radical (unpaired) electrons. The molecule has 0 aromatic carbocycles. The van der Waals surface area contributed by atoms with Crippen LogP contribution in [0.5, 0.6) is 0 Å². The third-order valence-electron chi connectivity index (χ3n) is 3.91. The zero-order valence-corrected chi connectivity index (χ0v) is 16.1. The number of aliphatic hydroxyl groups is 1. The molecule has 0 saturated carbocycles. The predicted molar refractivity (Wildman–Crippen MR) is 100 cm³/mol. The highest BCUT2D eigenvalue weighted by Gasteiger charge is 2.29. The van der Waals surface area contributed by atoms with Gasteiger partial charge in [0.05, 0.1) is 25.4 Å². The van der Waals surface area contributed by atoms with Crippen molar-refractivity contribution in [1.29, 1.82) is 0 Å². The van der Waals surface area contributed by atoms with Gasteiger partial charge in [-0.05, 0) is 6.92 Å². The van der Waals surface area contributed by atoms with Crippen LogP contribution >= 0.6 is 0 Å². The number of hydrogen-bond acceptors (Lipinski definition) is 8. The van der Waals surface area contributed by atoms with Crippen molar-refractivity contribution in [3.63, 3.8) is 0 Å². The van der Waals surface area contributed by atoms with Gasteiger partial charge >= 0.3 is 5.97 Å². The lowest BCUT2D eigenvalue weighted by atomic mass is 10.1. The van der Waals surface area contributed by atoms with Crippen LogP contribution in [0, 0.1) is 0 Å². The molecule has 30 heavy (non-hydrogen) atoms. The lowest BCUT2D eigenvalue weighted by molar-refractivity contribution is -0.142. The third kappa shape index (κ3) is 7.84. The largest absolute Gasteiger partial charge is 0.480 e. The van der Waals surface area contributed by atoms with Gasteiger partial charge in [0, 0.05) is 18.3 Å². The van der Waals surface area contributed by atoms with E-state index in [9.17, 15) is 29.1 Å². The molecule has 10 N–H and O–H groups in total. The van der Waals surface area contributed by atoms with Gasteiger partial charge in [0.15, 0.2) is 0 Å². The summed E-state index contributed by atoms with van der Waals surface area (Å²) in [6.45, 7) is 0.383. The van der Waals surface area contributed by atoms with E-state index >= 15 is 0 Å². The molecule has 1 rings (SSSR count). The standard InChI is InChI=1S/C16H25N7O7/c1-7(16(29)30)21-15(28)11(5-24)23-14(27)10(2-8-4-19-6-20-8)22-13(26)9(17)3-12(18)25/h4,6-7,9-11,24H,2-3,5,17H2,1H3,(H2,18,25)(H,19,20)(H,21,28)(H,22,26)(H,23,27)(H,29,30). The first-order chi connectivity index (χ1) is 14.0. The Bertz CT molecular complexity index is 768. The maximum atomic E-state index is 12.6. The molecule has 4 atom stereocenters. The van der Waals surface area contributed by atoms with Crippen molar-refractivity contribution >= 4 is 29.6 Å². The molecule has 0 spiro atoms. The first-order valence-corrected chi connectivity index (χ1v) is 8.81. The van der Waals surface area contributed by atoms with Gasteiger partial charge in [-0.15, -0.1) is 0 Å². The topological polar surface area (TPSA) is 243 Å². The van der Waals surface area contributed by atoms with Crippen LogP contribution in [0.4, 0.5) is 0 Å². The Morgan fingerprint density at radius 2 is 1.70 bits per heavy atom. The summed E-state index contributed by atoms with van der Waals surface area (Å²) in [5.74, 6) is -4.74. The van der Waals surface area contributed by atoms with Crippen LogP contribution in [0.25, 0.3) is 0 Å². The van der Waals surface area contributed by atoms with Gasteiger partial charge in [0.1, 0.15) is 18.1 Å². The minimum absolute atomic E-state index is 0.0772. The number of carboxylic acids is 1. The summed E-state index contributed by atoms with van der Waals surface area (Å²) in [5, 5.41) is 24.9. The van der Waals surface area contributed by atoms with Gasteiger partial charge in [-0.1, -0.05) is 0 Å². The van der Waals surface area contributed by atoms with E-state index < -0.39 is 66.8 Å². The molecule has 0 aliphatic rings. The number of hydrogen-bond donors (Lipinski definition) is 8. The summed E-state index contributed by atoms with van der Waals surface area (Å²) in [7, 11) is 0. The summed E-state index contributed by atoms with van der Waals surface area (Å²) >= 11 is 0. The highest BCUT2D eigenvalue weighted by molar-refractivity contribution is 5.95. The second kappa shape index (κ2) is 11.5. The molecular weight excluding hydrogens is 402 g/mol. The number of aromatic nitrogens is 2. The van der Waals surface area contributed by atoms with Gasteiger partial charge in [-0.3, -0.25) is 24.0 Å². The molecule has 0 aliphatic heterocycles. The number of aromatic amines is 1. The number of imidazole rings is 1. The maximum Gasteiger partial charge on any atom is 0.325 e. The number of aliphatic hydroxyl groups excluding tert-OH is 1. The van der Waals surface area contributed by atoms with E-state index in [2.05, 4.69) is 25.9 Å². The van der Waals surface area contributed by atoms with Crippen molar-refractivity contribution in [3.05, 3.63) is 18.2 Å². The molecule has 14 heteroatoms. The number of primary amides is 1. The normalized spacial score (nSPS) is 14.6. The van der Waals surface area contributed by atoms with Gasteiger partial charge in [-0.25, -0.2) is 4.98 Å². The summed E-state index contributed by atoms with van der Waals surface area (Å²) in [5.41, 5.74) is 11.0. The average Bonchev–Trinajstić information content (AvgIpc) is 3.17. The number of amides is 4. The Morgan fingerprint density at radius 1 is 1.10 bits per heavy atom. The van der Waals surface area contributed by atoms with Crippen LogP contribution in [0.3, 0.4) is 0 Å². The lowest BCUT2D eigenvalue weighted by Gasteiger charge is -2.23. The summed E-state index contributed by atoms with van der Waals surface area (Å²) in [4.78, 5) is 65.3. The third-order valence-corrected chi connectivity index (χ3v) is 3.91. The van der Waals surface area contributed by atoms with Crippen LogP contribution < -0.4 is 27.4 Å². The van der Waals surface area contributed by atoms with Crippen LogP contribution in [0.2, 0.25) is 0 Å². The summed E-state index contributed by atoms with van der Waals surface area (Å²) in [6.07, 6.45) is 2.23. The van der Waals surface area contributed by atoms with Crippen molar-refractivity contribution in [2.75, 3.05) is 6.61 Å². The van der Waals surface area contributed by atoms with Crippen molar-refractivity contribution in [2.24, 2.45) is 11.5 Å². The number of carbonyl (C=O) groups is 5. The SMILES string of the molecule is CC(NC(=O)C(CO)NC(=O)C(Cc1cnc[nH]1)NC(=O)C(N)CC(N)=O)C(=O)O. The molecule has 0 fully saturated rings. The second-order valence-corrected chi connectivity index (χ2v) is 6.43. The first kappa shape index (κ1) is 24.5. The van der Waals surface area contributed by atoms with Crippen LogP contribution in [-0.4, -0.2) is 80.6 Å². The van der Waals surface area contributed by atoms with E-state index in [1.165, 1.54) is 19.4 Å². The minimum Gasteiger partial charge on any atom is -0.480 e. The number of H-pyrrole nitrogens is 1. The van der Waals surface area contributed by atoms with E-state index in [4.69, 9.17) is 16.6 Å². The quantitative estimate of drug-likeness (QED) is 0.161. The fraction of sp³-hybridized carbons (Fsp3) is 0.500. The molecule has 1 aromatic rings. The molecule has 0 bridgehead atoms. The van der Waals surface area contributed by atoms with Crippen molar-refractivity contribution in [3.8, 4) is 0 Å². The van der Waals surface area contributed by atoms with E-state index in [1.54, 1.807) is 0 Å². The van der Waals surface area contributed by atoms with Gasteiger partial charge in [0.25, 0.3) is 0 Å². The summed E-state index contributed by atoms with van der Waals surface area (Å²) < 4.78 is 0. The Labute approximate surface area is 170 Å². The zero-order valence-electron chi connectivity index (χ0n) is 16.1. The van der Waals surface area contributed by atoms with Crippen molar-refractivity contribution in [1.82, 2.24) is 25.9 Å². The smallest absolute Gasteiger partial charge is 0.325 e. The van der Waals surface area contributed by atoms with E-state index in [0.29, 0.717) is 5.69 Å². The number of rotatable bonds is 12. The molecule has 0 saturated heterocycles. The fourth-order valence-corrected chi connectivity index (χ4v) is 2.26. The number of carboxylic acid groups (broad SMARTS) is 1. The van der Waals surface area contributed by atoms with E-state index in [1.807, 2.05) is 0 Å². The minimum atomic E-state index is -1.47. The Morgan fingerprint density at radius 3 is 2.20 bits per heavy atom. The van der Waals surface area contributed by atoms with Crippen LogP contribution in [-0.2, 0) is 30.4 Å². The molecule has 1 heterocycles. The number of nitrogens with two attached hydrogens (primary N) is 2. The Hall–Kier alpha value is -3.52. The van der Waals surface area contributed by atoms with Crippen molar-refractivity contribution < 1.29 is 34.2 Å². The Balaban J connectivity index is 2.89.